The number of ether oxygens (including phenoxy) is 1. The lowest BCUT2D eigenvalue weighted by Gasteiger charge is -2.29. The number of benzene rings is 2. The van der Waals surface area contributed by atoms with Gasteiger partial charge in [0.1, 0.15) is 11.8 Å². The van der Waals surface area contributed by atoms with Crippen LogP contribution < -0.4 is 10.1 Å². The SMILES string of the molecule is Cc1cc(OCC(=O)N(Cc2ccc(Cl)c(Cl)c2)C(C)C(=O)NC(C)C)ccc1Cl. The summed E-state index contributed by atoms with van der Waals surface area (Å²) in [6.07, 6.45) is 0. The van der Waals surface area contributed by atoms with Gasteiger partial charge in [0, 0.05) is 17.6 Å². The third-order valence-corrected chi connectivity index (χ3v) is 5.59. The molecule has 0 spiro atoms. The Hall–Kier alpha value is -1.95. The highest BCUT2D eigenvalue weighted by Gasteiger charge is 2.27. The number of hydrogen-bond acceptors (Lipinski definition) is 3. The lowest BCUT2D eigenvalue weighted by atomic mass is 10.1. The molecule has 0 aliphatic heterocycles. The second kappa shape index (κ2) is 10.9. The molecule has 1 atom stereocenters. The molecule has 30 heavy (non-hydrogen) atoms. The van der Waals surface area contributed by atoms with Crippen molar-refractivity contribution in [1.29, 1.82) is 0 Å². The van der Waals surface area contributed by atoms with Crippen molar-refractivity contribution in [3.63, 3.8) is 0 Å². The van der Waals surface area contributed by atoms with Crippen LogP contribution in [0.4, 0.5) is 0 Å². The first-order chi connectivity index (χ1) is 14.1. The minimum Gasteiger partial charge on any atom is -0.484 e. The summed E-state index contributed by atoms with van der Waals surface area (Å²) in [6, 6.07) is 9.52. The maximum Gasteiger partial charge on any atom is 0.261 e. The fraction of sp³-hybridized carbons (Fsp3) is 0.364. The Bertz CT molecular complexity index is 918. The van der Waals surface area contributed by atoms with Gasteiger partial charge in [0.2, 0.25) is 5.91 Å². The standard InChI is InChI=1S/C22H25Cl3N2O3/c1-13(2)26-22(29)15(4)27(11-16-5-7-19(24)20(25)10-16)21(28)12-30-17-6-8-18(23)14(3)9-17/h5-10,13,15H,11-12H2,1-4H3,(H,26,29). The molecule has 162 valence electrons. The van der Waals surface area contributed by atoms with Crippen LogP contribution in [-0.4, -0.2) is 35.4 Å². The van der Waals surface area contributed by atoms with Gasteiger partial charge in [0.15, 0.2) is 6.61 Å². The lowest BCUT2D eigenvalue weighted by Crippen LogP contribution is -2.50. The molecular weight excluding hydrogens is 447 g/mol. The molecule has 0 heterocycles. The number of nitrogens with zero attached hydrogens (tertiary/aromatic N) is 1. The van der Waals surface area contributed by atoms with Gasteiger partial charge in [-0.1, -0.05) is 40.9 Å². The van der Waals surface area contributed by atoms with Crippen molar-refractivity contribution in [2.75, 3.05) is 6.61 Å². The van der Waals surface area contributed by atoms with Crippen LogP contribution in [0.15, 0.2) is 36.4 Å². The molecule has 0 aliphatic carbocycles. The summed E-state index contributed by atoms with van der Waals surface area (Å²) in [6.45, 7) is 7.22. The van der Waals surface area contributed by atoms with E-state index in [0.29, 0.717) is 20.8 Å². The number of carbonyl (C=O) groups excluding carboxylic acids is 2. The molecule has 0 aliphatic rings. The number of rotatable bonds is 8. The predicted molar refractivity (Wildman–Crippen MR) is 121 cm³/mol. The third-order valence-electron chi connectivity index (χ3n) is 4.43. The normalized spacial score (nSPS) is 11.9. The molecule has 2 rings (SSSR count). The van der Waals surface area contributed by atoms with Crippen molar-refractivity contribution in [2.45, 2.75) is 46.3 Å². The highest BCUT2D eigenvalue weighted by atomic mass is 35.5. The quantitative estimate of drug-likeness (QED) is 0.570. The Labute approximate surface area is 192 Å². The number of nitrogens with one attached hydrogen (secondary N) is 1. The van der Waals surface area contributed by atoms with Gasteiger partial charge in [-0.05, 0) is 69.2 Å². The highest BCUT2D eigenvalue weighted by Crippen LogP contribution is 2.24. The highest BCUT2D eigenvalue weighted by molar-refractivity contribution is 6.42. The van der Waals surface area contributed by atoms with E-state index < -0.39 is 6.04 Å². The van der Waals surface area contributed by atoms with E-state index in [9.17, 15) is 9.59 Å². The number of halogens is 3. The number of amides is 2. The zero-order valence-corrected chi connectivity index (χ0v) is 19.6. The Balaban J connectivity index is 2.19. The van der Waals surface area contributed by atoms with Crippen LogP contribution in [0, 0.1) is 6.92 Å². The average Bonchev–Trinajstić information content (AvgIpc) is 2.68. The maximum absolute atomic E-state index is 13.0. The van der Waals surface area contributed by atoms with Crippen LogP contribution >= 0.6 is 34.8 Å². The zero-order chi connectivity index (χ0) is 22.4. The molecule has 2 amide bonds. The first-order valence-corrected chi connectivity index (χ1v) is 10.6. The minimum absolute atomic E-state index is 0.0461. The average molecular weight is 472 g/mol. The summed E-state index contributed by atoms with van der Waals surface area (Å²) in [5.74, 6) is -0.0557. The van der Waals surface area contributed by atoms with Gasteiger partial charge in [-0.2, -0.15) is 0 Å². The van der Waals surface area contributed by atoms with Crippen molar-refractivity contribution in [2.24, 2.45) is 0 Å². The summed E-state index contributed by atoms with van der Waals surface area (Å²) in [4.78, 5) is 27.0. The van der Waals surface area contributed by atoms with Gasteiger partial charge in [-0.25, -0.2) is 0 Å². The zero-order valence-electron chi connectivity index (χ0n) is 17.3. The van der Waals surface area contributed by atoms with Gasteiger partial charge < -0.3 is 15.0 Å². The van der Waals surface area contributed by atoms with Gasteiger partial charge >= 0.3 is 0 Å². The van der Waals surface area contributed by atoms with Crippen molar-refractivity contribution in [1.82, 2.24) is 10.2 Å². The Morgan fingerprint density at radius 2 is 1.67 bits per heavy atom. The van der Waals surface area contributed by atoms with Crippen molar-refractivity contribution < 1.29 is 14.3 Å². The summed E-state index contributed by atoms with van der Waals surface area (Å²) in [5, 5.41) is 4.26. The second-order valence-corrected chi connectivity index (χ2v) is 8.53. The number of carbonyl (C=O) groups is 2. The molecule has 0 aromatic heterocycles. The van der Waals surface area contributed by atoms with E-state index in [0.717, 1.165) is 11.1 Å². The molecule has 0 saturated heterocycles. The topological polar surface area (TPSA) is 58.6 Å². The monoisotopic (exact) mass is 470 g/mol. The summed E-state index contributed by atoms with van der Waals surface area (Å²) >= 11 is 18.1. The fourth-order valence-corrected chi connectivity index (χ4v) is 3.20. The molecule has 5 nitrogen and oxygen atoms in total. The first-order valence-electron chi connectivity index (χ1n) is 9.51. The third kappa shape index (κ3) is 6.79. The second-order valence-electron chi connectivity index (χ2n) is 7.31. The molecule has 2 aromatic rings. The molecule has 1 N–H and O–H groups in total. The molecule has 0 fully saturated rings. The first kappa shape index (κ1) is 24.3. The van der Waals surface area contributed by atoms with Gasteiger partial charge in [-0.3, -0.25) is 9.59 Å². The van der Waals surface area contributed by atoms with Crippen LogP contribution in [0.3, 0.4) is 0 Å². The van der Waals surface area contributed by atoms with Crippen LogP contribution in [0.25, 0.3) is 0 Å². The Morgan fingerprint density at radius 1 is 1.00 bits per heavy atom. The maximum atomic E-state index is 13.0. The van der Waals surface area contributed by atoms with E-state index in [1.807, 2.05) is 20.8 Å². The van der Waals surface area contributed by atoms with Crippen molar-refractivity contribution >= 4 is 46.6 Å². The van der Waals surface area contributed by atoms with Crippen molar-refractivity contribution in [3.05, 3.63) is 62.6 Å². The molecule has 0 bridgehead atoms. The van der Waals surface area contributed by atoms with Crippen molar-refractivity contribution in [3.8, 4) is 5.75 Å². The van der Waals surface area contributed by atoms with E-state index in [1.165, 1.54) is 4.90 Å². The van der Waals surface area contributed by atoms with Gasteiger partial charge in [0.25, 0.3) is 5.91 Å². The van der Waals surface area contributed by atoms with Crippen LogP contribution in [-0.2, 0) is 16.1 Å². The lowest BCUT2D eigenvalue weighted by molar-refractivity contribution is -0.142. The van der Waals surface area contributed by atoms with Gasteiger partial charge in [0.05, 0.1) is 10.0 Å². The molecular formula is C22H25Cl3N2O3. The van der Waals surface area contributed by atoms with Gasteiger partial charge in [-0.15, -0.1) is 0 Å². The van der Waals surface area contributed by atoms with Crippen LogP contribution in [0.1, 0.15) is 31.9 Å². The minimum atomic E-state index is -0.704. The number of aryl methyl sites for hydroxylation is 1. The Kier molecular flexibility index (Phi) is 8.83. The number of hydrogen-bond donors (Lipinski definition) is 1. The van der Waals surface area contributed by atoms with E-state index in [1.54, 1.807) is 43.3 Å². The molecule has 0 saturated carbocycles. The smallest absolute Gasteiger partial charge is 0.261 e. The summed E-state index contributed by atoms with van der Waals surface area (Å²) < 4.78 is 5.65. The van der Waals surface area contributed by atoms with E-state index in [4.69, 9.17) is 39.5 Å². The Morgan fingerprint density at radius 3 is 2.27 bits per heavy atom. The molecule has 1 unspecified atom stereocenters. The molecule has 0 radical (unpaired) electrons. The summed E-state index contributed by atoms with van der Waals surface area (Å²) in [5.41, 5.74) is 1.60. The fourth-order valence-electron chi connectivity index (χ4n) is 2.76. The largest absolute Gasteiger partial charge is 0.484 e. The summed E-state index contributed by atoms with van der Waals surface area (Å²) in [7, 11) is 0. The van der Waals surface area contributed by atoms with Crippen LogP contribution in [0.2, 0.25) is 15.1 Å². The van der Waals surface area contributed by atoms with Crippen LogP contribution in [0.5, 0.6) is 5.75 Å². The predicted octanol–water partition coefficient (Wildman–Crippen LogP) is 5.28. The molecule has 2 aromatic carbocycles. The van der Waals surface area contributed by atoms with E-state index >= 15 is 0 Å². The van der Waals surface area contributed by atoms with E-state index in [-0.39, 0.29) is 31.0 Å². The molecule has 8 heteroatoms. The van der Waals surface area contributed by atoms with E-state index in [2.05, 4.69) is 5.32 Å².